The van der Waals surface area contributed by atoms with Gasteiger partial charge < -0.3 is 10.6 Å². The molecule has 1 fully saturated rings. The molecule has 0 saturated carbocycles. The molecule has 5 nitrogen and oxygen atoms in total. The minimum Gasteiger partial charge on any atom is -0.350 e. The molecule has 1 unspecified atom stereocenters. The number of amides is 2. The Morgan fingerprint density at radius 2 is 1.96 bits per heavy atom. The van der Waals surface area contributed by atoms with Gasteiger partial charge in [0.15, 0.2) is 0 Å². The van der Waals surface area contributed by atoms with Crippen molar-refractivity contribution in [3.05, 3.63) is 29.8 Å². The number of likely N-dealkylation sites (tertiary alicyclic amines) is 1. The van der Waals surface area contributed by atoms with Crippen LogP contribution in [0.3, 0.4) is 0 Å². The zero-order valence-electron chi connectivity index (χ0n) is 14.3. The molecule has 0 bridgehead atoms. The van der Waals surface area contributed by atoms with E-state index < -0.39 is 0 Å². The Labute approximate surface area is 138 Å². The number of anilines is 1. The van der Waals surface area contributed by atoms with Crippen molar-refractivity contribution in [3.8, 4) is 0 Å². The third-order valence-corrected chi connectivity index (χ3v) is 3.96. The van der Waals surface area contributed by atoms with E-state index in [1.54, 1.807) is 24.3 Å². The fourth-order valence-corrected chi connectivity index (χ4v) is 2.88. The molecule has 0 spiro atoms. The van der Waals surface area contributed by atoms with Crippen LogP contribution in [-0.4, -0.2) is 42.4 Å². The van der Waals surface area contributed by atoms with Crippen LogP contribution < -0.4 is 10.6 Å². The summed E-state index contributed by atoms with van der Waals surface area (Å²) < 4.78 is 0. The number of carbonyl (C=O) groups is 2. The maximum atomic E-state index is 12.1. The van der Waals surface area contributed by atoms with Crippen LogP contribution in [0.1, 0.15) is 44.0 Å². The molecule has 1 saturated heterocycles. The number of benzene rings is 1. The number of hydrogen-bond acceptors (Lipinski definition) is 3. The van der Waals surface area contributed by atoms with Crippen molar-refractivity contribution in [3.63, 3.8) is 0 Å². The van der Waals surface area contributed by atoms with Crippen molar-refractivity contribution in [2.75, 3.05) is 25.0 Å². The van der Waals surface area contributed by atoms with Gasteiger partial charge in [0.25, 0.3) is 5.91 Å². The van der Waals surface area contributed by atoms with Gasteiger partial charge in [-0.15, -0.1) is 0 Å². The predicted octanol–water partition coefficient (Wildman–Crippen LogP) is 2.50. The van der Waals surface area contributed by atoms with Gasteiger partial charge in [-0.25, -0.2) is 0 Å². The molecule has 0 aliphatic carbocycles. The standard InChI is InChI=1S/C18H27N3O2/c1-13(2)19-18(23)15-6-8-16(9-7-15)20-17(22)12-21-10-4-5-14(3)11-21/h6-9,13-14H,4-5,10-12H2,1-3H3,(H,19,23)(H,20,22). The fourth-order valence-electron chi connectivity index (χ4n) is 2.88. The number of rotatable bonds is 5. The van der Waals surface area contributed by atoms with Crippen molar-refractivity contribution in [2.45, 2.75) is 39.7 Å². The van der Waals surface area contributed by atoms with E-state index in [0.717, 1.165) is 25.2 Å². The average Bonchev–Trinajstić information content (AvgIpc) is 2.47. The second-order valence-electron chi connectivity index (χ2n) is 6.74. The van der Waals surface area contributed by atoms with Crippen LogP contribution in [0.4, 0.5) is 5.69 Å². The van der Waals surface area contributed by atoms with Gasteiger partial charge in [-0.2, -0.15) is 0 Å². The summed E-state index contributed by atoms with van der Waals surface area (Å²) in [4.78, 5) is 26.2. The van der Waals surface area contributed by atoms with Crippen LogP contribution >= 0.6 is 0 Å². The first kappa shape index (κ1) is 17.5. The van der Waals surface area contributed by atoms with Crippen LogP contribution in [0.5, 0.6) is 0 Å². The van der Waals surface area contributed by atoms with E-state index in [0.29, 0.717) is 18.0 Å². The smallest absolute Gasteiger partial charge is 0.251 e. The maximum Gasteiger partial charge on any atom is 0.251 e. The molecule has 2 rings (SSSR count). The molecule has 126 valence electrons. The van der Waals surface area contributed by atoms with Gasteiger partial charge in [0, 0.05) is 23.8 Å². The predicted molar refractivity (Wildman–Crippen MR) is 92.5 cm³/mol. The lowest BCUT2D eigenvalue weighted by molar-refractivity contribution is -0.117. The second kappa shape index (κ2) is 8.11. The fraction of sp³-hybridized carbons (Fsp3) is 0.556. The van der Waals surface area contributed by atoms with Crippen LogP contribution in [0, 0.1) is 5.92 Å². The molecular weight excluding hydrogens is 290 g/mol. The highest BCUT2D eigenvalue weighted by atomic mass is 16.2. The van der Waals surface area contributed by atoms with Gasteiger partial charge in [-0.1, -0.05) is 6.92 Å². The summed E-state index contributed by atoms with van der Waals surface area (Å²) >= 11 is 0. The Hall–Kier alpha value is -1.88. The number of nitrogens with one attached hydrogen (secondary N) is 2. The summed E-state index contributed by atoms with van der Waals surface area (Å²) in [5, 5.41) is 5.74. The minimum atomic E-state index is -0.0971. The highest BCUT2D eigenvalue weighted by Gasteiger charge is 2.18. The maximum absolute atomic E-state index is 12.1. The van der Waals surface area contributed by atoms with Crippen LogP contribution in [0.15, 0.2) is 24.3 Å². The first-order chi connectivity index (χ1) is 10.9. The van der Waals surface area contributed by atoms with Crippen molar-refractivity contribution in [1.82, 2.24) is 10.2 Å². The number of carbonyl (C=O) groups excluding carboxylic acids is 2. The lowest BCUT2D eigenvalue weighted by Crippen LogP contribution is -2.39. The third-order valence-electron chi connectivity index (χ3n) is 3.96. The molecule has 1 aromatic carbocycles. The molecule has 23 heavy (non-hydrogen) atoms. The van der Waals surface area contributed by atoms with Crippen molar-refractivity contribution >= 4 is 17.5 Å². The summed E-state index contributed by atoms with van der Waals surface area (Å²) in [7, 11) is 0. The molecule has 2 N–H and O–H groups in total. The molecule has 1 heterocycles. The third kappa shape index (κ3) is 5.67. The Morgan fingerprint density at radius 1 is 1.26 bits per heavy atom. The molecule has 1 aromatic rings. The summed E-state index contributed by atoms with van der Waals surface area (Å²) in [6.07, 6.45) is 2.41. The Morgan fingerprint density at radius 3 is 2.57 bits per heavy atom. The van der Waals surface area contributed by atoms with Crippen LogP contribution in [0.25, 0.3) is 0 Å². The van der Waals surface area contributed by atoms with Crippen LogP contribution in [-0.2, 0) is 4.79 Å². The van der Waals surface area contributed by atoms with Crippen molar-refractivity contribution in [2.24, 2.45) is 5.92 Å². The number of hydrogen-bond donors (Lipinski definition) is 2. The summed E-state index contributed by atoms with van der Waals surface area (Å²) in [5.74, 6) is 0.564. The van der Waals surface area contributed by atoms with E-state index in [-0.39, 0.29) is 17.9 Å². The first-order valence-electron chi connectivity index (χ1n) is 8.37. The quantitative estimate of drug-likeness (QED) is 0.877. The Bertz CT molecular complexity index is 540. The van der Waals surface area contributed by atoms with Gasteiger partial charge in [0.1, 0.15) is 0 Å². The summed E-state index contributed by atoms with van der Waals surface area (Å²) in [6, 6.07) is 7.11. The number of nitrogens with zero attached hydrogens (tertiary/aromatic N) is 1. The van der Waals surface area contributed by atoms with E-state index in [1.807, 2.05) is 13.8 Å². The van der Waals surface area contributed by atoms with E-state index >= 15 is 0 Å². The normalized spacial score (nSPS) is 18.7. The average molecular weight is 317 g/mol. The highest BCUT2D eigenvalue weighted by molar-refractivity contribution is 5.96. The monoisotopic (exact) mass is 317 g/mol. The van der Waals surface area contributed by atoms with E-state index in [9.17, 15) is 9.59 Å². The van der Waals surface area contributed by atoms with Gasteiger partial charge in [-0.3, -0.25) is 14.5 Å². The minimum absolute atomic E-state index is 0.00141. The topological polar surface area (TPSA) is 61.4 Å². The summed E-state index contributed by atoms with van der Waals surface area (Å²) in [6.45, 7) is 8.49. The zero-order valence-corrected chi connectivity index (χ0v) is 14.3. The lowest BCUT2D eigenvalue weighted by Gasteiger charge is -2.30. The molecule has 5 heteroatoms. The summed E-state index contributed by atoms with van der Waals surface area (Å²) in [5.41, 5.74) is 1.32. The van der Waals surface area contributed by atoms with Crippen LogP contribution in [0.2, 0.25) is 0 Å². The number of piperidine rings is 1. The molecule has 0 aromatic heterocycles. The van der Waals surface area contributed by atoms with E-state index in [2.05, 4.69) is 22.5 Å². The highest BCUT2D eigenvalue weighted by Crippen LogP contribution is 2.15. The zero-order chi connectivity index (χ0) is 16.8. The molecule has 2 amide bonds. The van der Waals surface area contributed by atoms with Crippen molar-refractivity contribution < 1.29 is 9.59 Å². The lowest BCUT2D eigenvalue weighted by atomic mass is 10.0. The first-order valence-corrected chi connectivity index (χ1v) is 8.37. The van der Waals surface area contributed by atoms with E-state index in [1.165, 1.54) is 6.42 Å². The Balaban J connectivity index is 1.85. The van der Waals surface area contributed by atoms with Gasteiger partial charge in [0.2, 0.25) is 5.91 Å². The van der Waals surface area contributed by atoms with E-state index in [4.69, 9.17) is 0 Å². The van der Waals surface area contributed by atoms with Gasteiger partial charge >= 0.3 is 0 Å². The molecule has 1 aliphatic heterocycles. The Kier molecular flexibility index (Phi) is 6.16. The molecule has 1 aliphatic rings. The SMILES string of the molecule is CC1CCCN(CC(=O)Nc2ccc(C(=O)NC(C)C)cc2)C1. The van der Waals surface area contributed by atoms with Gasteiger partial charge in [0.05, 0.1) is 6.54 Å². The second-order valence-corrected chi connectivity index (χ2v) is 6.74. The molecule has 0 radical (unpaired) electrons. The van der Waals surface area contributed by atoms with Gasteiger partial charge in [-0.05, 0) is 63.4 Å². The molecular formula is C18H27N3O2. The largest absolute Gasteiger partial charge is 0.350 e. The van der Waals surface area contributed by atoms with Crippen molar-refractivity contribution in [1.29, 1.82) is 0 Å². The molecule has 1 atom stereocenters.